The summed E-state index contributed by atoms with van der Waals surface area (Å²) in [5, 5.41) is 14.3. The number of nitrogens with zero attached hydrogens (tertiary/aromatic N) is 4. The fraction of sp³-hybridized carbons (Fsp3) is 0.500. The van der Waals surface area contributed by atoms with Crippen molar-refractivity contribution in [3.63, 3.8) is 0 Å². The number of nitrogens with one attached hydrogen (secondary N) is 2. The zero-order valence-corrected chi connectivity index (χ0v) is 17.3. The van der Waals surface area contributed by atoms with Gasteiger partial charge in [0.25, 0.3) is 0 Å². The van der Waals surface area contributed by atoms with E-state index in [9.17, 15) is 8.42 Å². The normalized spacial score (nSPS) is 12.8. The maximum Gasteiger partial charge on any atom is 0.191 e. The maximum absolute atomic E-state index is 11.7. The first-order valence-corrected chi connectivity index (χ1v) is 9.06. The van der Waals surface area contributed by atoms with Crippen LogP contribution in [0.2, 0.25) is 0 Å². The van der Waals surface area contributed by atoms with Crippen LogP contribution in [0.1, 0.15) is 19.7 Å². The van der Waals surface area contributed by atoms with Gasteiger partial charge in [-0.3, -0.25) is 9.39 Å². The third kappa shape index (κ3) is 4.79. The lowest BCUT2D eigenvalue weighted by Gasteiger charge is -2.24. The Bertz CT molecular complexity index is 816. The average Bonchev–Trinajstić information content (AvgIpc) is 2.89. The van der Waals surface area contributed by atoms with E-state index in [1.807, 2.05) is 28.8 Å². The van der Waals surface area contributed by atoms with Crippen LogP contribution in [0.4, 0.5) is 0 Å². The minimum atomic E-state index is -3.16. The molecule has 0 aromatic carbocycles. The first-order chi connectivity index (χ1) is 10.7. The number of halogens is 1. The van der Waals surface area contributed by atoms with Crippen molar-refractivity contribution < 1.29 is 8.42 Å². The summed E-state index contributed by atoms with van der Waals surface area (Å²) in [5.41, 5.74) is 0.769. The summed E-state index contributed by atoms with van der Waals surface area (Å²) in [7, 11) is -1.54. The molecule has 8 nitrogen and oxygen atoms in total. The summed E-state index contributed by atoms with van der Waals surface area (Å²) < 4.78 is 24.4. The van der Waals surface area contributed by atoms with E-state index in [-0.39, 0.29) is 30.5 Å². The molecule has 0 aliphatic heterocycles. The van der Waals surface area contributed by atoms with Gasteiger partial charge < -0.3 is 10.6 Å². The molecule has 134 valence electrons. The topological polar surface area (TPSA) is 101 Å². The Labute approximate surface area is 159 Å². The second kappa shape index (κ2) is 8.10. The van der Waals surface area contributed by atoms with Crippen LogP contribution in [0.5, 0.6) is 0 Å². The Morgan fingerprint density at radius 2 is 2.00 bits per heavy atom. The monoisotopic (exact) mass is 466 g/mol. The van der Waals surface area contributed by atoms with Gasteiger partial charge >= 0.3 is 0 Å². The Morgan fingerprint density at radius 3 is 2.62 bits per heavy atom. The third-order valence-electron chi connectivity index (χ3n) is 3.71. The number of pyridine rings is 1. The van der Waals surface area contributed by atoms with E-state index in [1.54, 1.807) is 20.9 Å². The van der Waals surface area contributed by atoms with Crippen molar-refractivity contribution in [1.29, 1.82) is 0 Å². The molecule has 2 rings (SSSR count). The van der Waals surface area contributed by atoms with Crippen molar-refractivity contribution >= 4 is 45.4 Å². The van der Waals surface area contributed by atoms with Gasteiger partial charge in [0.15, 0.2) is 27.3 Å². The SMILES string of the molecule is CN=C(NCc1nnc2ccccn12)NCC(C)(C)S(C)(=O)=O.I. The Balaban J connectivity index is 0.00000288. The largest absolute Gasteiger partial charge is 0.355 e. The molecule has 0 aliphatic carbocycles. The fourth-order valence-electron chi connectivity index (χ4n) is 1.82. The van der Waals surface area contributed by atoms with Gasteiger partial charge in [-0.15, -0.1) is 34.2 Å². The lowest BCUT2D eigenvalue weighted by atomic mass is 10.2. The lowest BCUT2D eigenvalue weighted by Crippen LogP contribution is -2.47. The van der Waals surface area contributed by atoms with Crippen LogP contribution < -0.4 is 10.6 Å². The van der Waals surface area contributed by atoms with E-state index in [2.05, 4.69) is 25.8 Å². The highest BCUT2D eigenvalue weighted by atomic mass is 127. The predicted molar refractivity (Wildman–Crippen MR) is 106 cm³/mol. The molecular weight excluding hydrogens is 443 g/mol. The van der Waals surface area contributed by atoms with E-state index < -0.39 is 14.6 Å². The number of hydrogen-bond donors (Lipinski definition) is 2. The van der Waals surface area contributed by atoms with Crippen LogP contribution in [0, 0.1) is 0 Å². The van der Waals surface area contributed by atoms with E-state index in [1.165, 1.54) is 6.26 Å². The number of aliphatic imine (C=N–C) groups is 1. The Kier molecular flexibility index (Phi) is 6.96. The summed E-state index contributed by atoms with van der Waals surface area (Å²) >= 11 is 0. The molecule has 2 aromatic rings. The van der Waals surface area contributed by atoms with Crippen molar-refractivity contribution in [2.75, 3.05) is 19.8 Å². The summed E-state index contributed by atoms with van der Waals surface area (Å²) in [6.07, 6.45) is 3.11. The molecule has 0 aliphatic rings. The quantitative estimate of drug-likeness (QED) is 0.385. The van der Waals surface area contributed by atoms with Crippen LogP contribution in [-0.2, 0) is 16.4 Å². The average molecular weight is 466 g/mol. The molecule has 0 fully saturated rings. The predicted octanol–water partition coefficient (Wildman–Crippen LogP) is 0.836. The van der Waals surface area contributed by atoms with Gasteiger partial charge in [0.1, 0.15) is 0 Å². The van der Waals surface area contributed by atoms with Gasteiger partial charge in [0.05, 0.1) is 11.3 Å². The Hall–Kier alpha value is -1.43. The molecule has 0 spiro atoms. The van der Waals surface area contributed by atoms with Crippen molar-refractivity contribution in [2.45, 2.75) is 25.1 Å². The van der Waals surface area contributed by atoms with Crippen LogP contribution in [0.15, 0.2) is 29.4 Å². The number of sulfone groups is 1. The van der Waals surface area contributed by atoms with Gasteiger partial charge in [-0.25, -0.2) is 8.42 Å². The molecule has 0 unspecified atom stereocenters. The molecule has 0 saturated carbocycles. The molecule has 0 atom stereocenters. The van der Waals surface area contributed by atoms with E-state index in [0.717, 1.165) is 11.5 Å². The molecule has 2 aromatic heterocycles. The van der Waals surface area contributed by atoms with Gasteiger partial charge in [-0.05, 0) is 26.0 Å². The van der Waals surface area contributed by atoms with Crippen molar-refractivity contribution in [1.82, 2.24) is 25.2 Å². The molecule has 0 saturated heterocycles. The smallest absolute Gasteiger partial charge is 0.191 e. The number of guanidine groups is 1. The molecule has 24 heavy (non-hydrogen) atoms. The highest BCUT2D eigenvalue weighted by molar-refractivity contribution is 14.0. The second-order valence-corrected chi connectivity index (χ2v) is 8.51. The Morgan fingerprint density at radius 1 is 1.29 bits per heavy atom. The van der Waals surface area contributed by atoms with Gasteiger partial charge in [-0.2, -0.15) is 0 Å². The van der Waals surface area contributed by atoms with Crippen LogP contribution in [-0.4, -0.2) is 53.6 Å². The third-order valence-corrected chi connectivity index (χ3v) is 5.86. The van der Waals surface area contributed by atoms with E-state index in [0.29, 0.717) is 12.5 Å². The van der Waals surface area contributed by atoms with Gasteiger partial charge in [0.2, 0.25) is 0 Å². The first kappa shape index (κ1) is 20.6. The summed E-state index contributed by atoms with van der Waals surface area (Å²) in [6, 6.07) is 5.68. The molecular formula is C14H23IN6O2S. The van der Waals surface area contributed by atoms with Crippen molar-refractivity contribution in [3.05, 3.63) is 30.2 Å². The van der Waals surface area contributed by atoms with Gasteiger partial charge in [-0.1, -0.05) is 6.07 Å². The molecule has 10 heteroatoms. The zero-order chi connectivity index (χ0) is 17.1. The van der Waals surface area contributed by atoms with E-state index in [4.69, 9.17) is 0 Å². The van der Waals surface area contributed by atoms with Crippen LogP contribution in [0.3, 0.4) is 0 Å². The van der Waals surface area contributed by atoms with Crippen LogP contribution in [0.25, 0.3) is 5.65 Å². The summed E-state index contributed by atoms with van der Waals surface area (Å²) in [4.78, 5) is 4.09. The highest BCUT2D eigenvalue weighted by Crippen LogP contribution is 2.13. The maximum atomic E-state index is 11.7. The molecule has 2 heterocycles. The molecule has 0 radical (unpaired) electrons. The standard InChI is InChI=1S/C14H22N6O2S.HI/c1-14(2,23(4,21)22)10-17-13(15-3)16-9-12-19-18-11-7-5-6-8-20(11)12;/h5-8H,9-10H2,1-4H3,(H2,15,16,17);1H. The second-order valence-electron chi connectivity index (χ2n) is 5.86. The summed E-state index contributed by atoms with van der Waals surface area (Å²) in [5.74, 6) is 1.25. The fourth-order valence-corrected chi connectivity index (χ4v) is 2.16. The molecule has 0 amide bonds. The number of aromatic nitrogens is 3. The molecule has 2 N–H and O–H groups in total. The number of rotatable bonds is 5. The molecule has 0 bridgehead atoms. The minimum Gasteiger partial charge on any atom is -0.355 e. The van der Waals surface area contributed by atoms with Gasteiger partial charge in [0, 0.05) is 26.0 Å². The number of fused-ring (bicyclic) bond motifs is 1. The van der Waals surface area contributed by atoms with Crippen LogP contribution >= 0.6 is 24.0 Å². The first-order valence-electron chi connectivity index (χ1n) is 7.17. The van der Waals surface area contributed by atoms with E-state index >= 15 is 0 Å². The summed E-state index contributed by atoms with van der Waals surface area (Å²) in [6.45, 7) is 4.03. The number of hydrogen-bond acceptors (Lipinski definition) is 5. The zero-order valence-electron chi connectivity index (χ0n) is 14.1. The minimum absolute atomic E-state index is 0. The lowest BCUT2D eigenvalue weighted by molar-refractivity contribution is 0.544. The van der Waals surface area contributed by atoms with Crippen molar-refractivity contribution in [2.24, 2.45) is 4.99 Å². The highest BCUT2D eigenvalue weighted by Gasteiger charge is 2.30. The van der Waals surface area contributed by atoms with Crippen molar-refractivity contribution in [3.8, 4) is 0 Å².